The number of rotatable bonds is 10. The van der Waals surface area contributed by atoms with Gasteiger partial charge in [0.25, 0.3) is 0 Å². The first-order valence-electron chi connectivity index (χ1n) is 9.96. The minimum atomic E-state index is -3.25. The Morgan fingerprint density at radius 1 is 1.12 bits per heavy atom. The topological polar surface area (TPSA) is 74.2 Å². The van der Waals surface area contributed by atoms with Crippen LogP contribution in [0.2, 0.25) is 0 Å². The first kappa shape index (κ1) is 23.2. The van der Waals surface area contributed by atoms with Gasteiger partial charge in [0.2, 0.25) is 10.0 Å². The van der Waals surface area contributed by atoms with Gasteiger partial charge in [-0.2, -0.15) is 4.31 Å². The molecule has 0 saturated carbocycles. The Kier molecular flexibility index (Phi) is 10.5. The number of aliphatic imine (C=N–C) groups is 1. The molecular formula is C18H38N4O3S. The van der Waals surface area contributed by atoms with E-state index in [4.69, 9.17) is 9.73 Å². The lowest BCUT2D eigenvalue weighted by Gasteiger charge is -2.36. The second-order valence-corrected chi connectivity index (χ2v) is 9.09. The summed E-state index contributed by atoms with van der Waals surface area (Å²) in [6.07, 6.45) is 2.31. The highest BCUT2D eigenvalue weighted by molar-refractivity contribution is 7.89. The van der Waals surface area contributed by atoms with Crippen LogP contribution in [0, 0.1) is 5.92 Å². The first-order chi connectivity index (χ1) is 12.3. The molecule has 1 heterocycles. The van der Waals surface area contributed by atoms with Gasteiger partial charge in [-0.15, -0.1) is 0 Å². The van der Waals surface area contributed by atoms with E-state index >= 15 is 0 Å². The van der Waals surface area contributed by atoms with Crippen LogP contribution in [0.15, 0.2) is 4.99 Å². The summed E-state index contributed by atoms with van der Waals surface area (Å²) in [6, 6.07) is 0. The summed E-state index contributed by atoms with van der Waals surface area (Å²) in [6.45, 7) is 14.5. The van der Waals surface area contributed by atoms with Crippen molar-refractivity contribution >= 4 is 16.0 Å². The Bertz CT molecular complexity index is 511. The fourth-order valence-corrected chi connectivity index (χ4v) is 4.17. The lowest BCUT2D eigenvalue weighted by atomic mass is 10.0. The second kappa shape index (κ2) is 11.8. The van der Waals surface area contributed by atoms with E-state index in [1.807, 2.05) is 13.8 Å². The minimum Gasteiger partial charge on any atom is -0.378 e. The van der Waals surface area contributed by atoms with Gasteiger partial charge in [-0.3, -0.25) is 4.99 Å². The third-order valence-corrected chi connectivity index (χ3v) is 6.55. The van der Waals surface area contributed by atoms with Gasteiger partial charge in [0.15, 0.2) is 5.96 Å². The van der Waals surface area contributed by atoms with Crippen molar-refractivity contribution < 1.29 is 13.2 Å². The lowest BCUT2D eigenvalue weighted by molar-refractivity contribution is 0.0904. The average molecular weight is 391 g/mol. The van der Waals surface area contributed by atoms with Gasteiger partial charge in [-0.25, -0.2) is 8.42 Å². The van der Waals surface area contributed by atoms with Crippen LogP contribution in [0.3, 0.4) is 0 Å². The molecule has 0 atom stereocenters. The van der Waals surface area contributed by atoms with Crippen LogP contribution in [-0.4, -0.2) is 81.3 Å². The number of hydrogen-bond acceptors (Lipinski definition) is 4. The zero-order valence-corrected chi connectivity index (χ0v) is 18.0. The molecule has 0 amide bonds. The third kappa shape index (κ3) is 7.80. The van der Waals surface area contributed by atoms with Crippen LogP contribution in [0.4, 0.5) is 0 Å². The molecule has 154 valence electrons. The van der Waals surface area contributed by atoms with Gasteiger partial charge in [-0.1, -0.05) is 26.7 Å². The molecule has 26 heavy (non-hydrogen) atoms. The molecule has 8 heteroatoms. The molecule has 1 fully saturated rings. The van der Waals surface area contributed by atoms with Crippen molar-refractivity contribution in [2.24, 2.45) is 10.9 Å². The Morgan fingerprint density at radius 3 is 2.23 bits per heavy atom. The predicted octanol–water partition coefficient (Wildman–Crippen LogP) is 1.76. The predicted molar refractivity (Wildman–Crippen MR) is 108 cm³/mol. The normalized spacial score (nSPS) is 17.3. The number of hydrogen-bond donors (Lipinski definition) is 1. The van der Waals surface area contributed by atoms with Crippen LogP contribution in [0.1, 0.15) is 47.5 Å². The maximum Gasteiger partial charge on any atom is 0.216 e. The summed E-state index contributed by atoms with van der Waals surface area (Å²) in [5.74, 6) is 1.56. The van der Waals surface area contributed by atoms with Crippen LogP contribution in [0.5, 0.6) is 0 Å². The highest BCUT2D eigenvalue weighted by Crippen LogP contribution is 2.11. The molecule has 0 aliphatic carbocycles. The molecule has 0 aromatic rings. The van der Waals surface area contributed by atoms with Gasteiger partial charge in [0, 0.05) is 39.3 Å². The quantitative estimate of drug-likeness (QED) is 0.454. The van der Waals surface area contributed by atoms with E-state index in [1.165, 1.54) is 0 Å². The van der Waals surface area contributed by atoms with Gasteiger partial charge in [0.05, 0.1) is 18.5 Å². The second-order valence-electron chi connectivity index (χ2n) is 7.00. The molecule has 7 nitrogen and oxygen atoms in total. The molecule has 0 aromatic carbocycles. The van der Waals surface area contributed by atoms with E-state index < -0.39 is 10.0 Å². The summed E-state index contributed by atoms with van der Waals surface area (Å²) >= 11 is 0. The number of sulfonamides is 1. The molecule has 1 saturated heterocycles. The number of nitrogens with zero attached hydrogens (tertiary/aromatic N) is 3. The smallest absolute Gasteiger partial charge is 0.216 e. The lowest BCUT2D eigenvalue weighted by Crippen LogP contribution is -2.54. The maximum atomic E-state index is 12.4. The maximum absolute atomic E-state index is 12.4. The standard InChI is InChI=1S/C18H38N4O3S/c1-6-17(7-2)15-20-18(19-8-3)21-9-11-22(12-10-21)26(23,24)14-13-25-16(4)5/h16-17H,6-15H2,1-5H3,(H,19,20). The van der Waals surface area contributed by atoms with Gasteiger partial charge >= 0.3 is 0 Å². The molecule has 0 spiro atoms. The fraction of sp³-hybridized carbons (Fsp3) is 0.944. The van der Waals surface area contributed by atoms with E-state index in [2.05, 4.69) is 31.0 Å². The summed E-state index contributed by atoms with van der Waals surface area (Å²) in [4.78, 5) is 6.95. The van der Waals surface area contributed by atoms with Gasteiger partial charge in [-0.05, 0) is 26.7 Å². The fourth-order valence-electron chi connectivity index (χ4n) is 2.88. The van der Waals surface area contributed by atoms with E-state index in [9.17, 15) is 8.42 Å². The van der Waals surface area contributed by atoms with Crippen LogP contribution in [0.25, 0.3) is 0 Å². The highest BCUT2D eigenvalue weighted by atomic mass is 32.2. The largest absolute Gasteiger partial charge is 0.378 e. The zero-order valence-electron chi connectivity index (χ0n) is 17.2. The van der Waals surface area contributed by atoms with Crippen molar-refractivity contribution in [3.63, 3.8) is 0 Å². The van der Waals surface area contributed by atoms with E-state index in [0.717, 1.165) is 31.9 Å². The van der Waals surface area contributed by atoms with Crippen molar-refractivity contribution in [3.05, 3.63) is 0 Å². The van der Waals surface area contributed by atoms with Crippen molar-refractivity contribution in [1.82, 2.24) is 14.5 Å². The van der Waals surface area contributed by atoms with Crippen molar-refractivity contribution in [3.8, 4) is 0 Å². The van der Waals surface area contributed by atoms with Crippen LogP contribution >= 0.6 is 0 Å². The molecule has 0 unspecified atom stereocenters. The number of piperazine rings is 1. The van der Waals surface area contributed by atoms with Gasteiger partial charge in [0.1, 0.15) is 0 Å². The Balaban J connectivity index is 2.59. The van der Waals surface area contributed by atoms with Crippen molar-refractivity contribution in [1.29, 1.82) is 0 Å². The number of guanidine groups is 1. The molecule has 1 aliphatic heterocycles. The highest BCUT2D eigenvalue weighted by Gasteiger charge is 2.28. The monoisotopic (exact) mass is 390 g/mol. The summed E-state index contributed by atoms with van der Waals surface area (Å²) in [5.41, 5.74) is 0. The summed E-state index contributed by atoms with van der Waals surface area (Å²) < 4.78 is 31.9. The first-order valence-corrected chi connectivity index (χ1v) is 11.6. The minimum absolute atomic E-state index is 0.0496. The van der Waals surface area contributed by atoms with E-state index in [0.29, 0.717) is 32.1 Å². The molecule has 0 radical (unpaired) electrons. The zero-order chi connectivity index (χ0) is 19.6. The van der Waals surface area contributed by atoms with Crippen LogP contribution < -0.4 is 5.32 Å². The van der Waals surface area contributed by atoms with Gasteiger partial charge < -0.3 is 15.0 Å². The van der Waals surface area contributed by atoms with Crippen LogP contribution in [-0.2, 0) is 14.8 Å². The molecule has 1 aliphatic rings. The Labute approximate surface area is 160 Å². The van der Waals surface area contributed by atoms with E-state index in [1.54, 1.807) is 4.31 Å². The summed E-state index contributed by atoms with van der Waals surface area (Å²) in [5, 5.41) is 3.34. The molecular weight excluding hydrogens is 352 g/mol. The molecule has 1 rings (SSSR count). The van der Waals surface area contributed by atoms with Crippen molar-refractivity contribution in [2.75, 3.05) is 51.6 Å². The number of nitrogens with one attached hydrogen (secondary N) is 1. The van der Waals surface area contributed by atoms with Crippen molar-refractivity contribution in [2.45, 2.75) is 53.6 Å². The molecule has 0 bridgehead atoms. The molecule has 0 aromatic heterocycles. The average Bonchev–Trinajstić information content (AvgIpc) is 2.61. The van der Waals surface area contributed by atoms with E-state index in [-0.39, 0.29) is 18.5 Å². The SMILES string of the molecule is CCNC(=NCC(CC)CC)N1CCN(S(=O)(=O)CCOC(C)C)CC1. The third-order valence-electron chi connectivity index (χ3n) is 4.71. The Hall–Kier alpha value is -0.860. The Morgan fingerprint density at radius 2 is 1.73 bits per heavy atom. The summed E-state index contributed by atoms with van der Waals surface area (Å²) in [7, 11) is -3.25. The number of ether oxygens (including phenoxy) is 1. The molecule has 1 N–H and O–H groups in total.